The second kappa shape index (κ2) is 58.6. The third-order valence-electron chi connectivity index (χ3n) is 19.9. The summed E-state index contributed by atoms with van der Waals surface area (Å²) in [5, 5.41) is 89.7. The van der Waals surface area contributed by atoms with E-state index in [2.05, 4.69) is 27.7 Å². The van der Waals surface area contributed by atoms with Crippen LogP contribution in [0.4, 0.5) is 0 Å². The van der Waals surface area contributed by atoms with Crippen molar-refractivity contribution in [3.8, 4) is 0 Å². The van der Waals surface area contributed by atoms with Crippen LogP contribution in [0.2, 0.25) is 0 Å². The fourth-order valence-electron chi connectivity index (χ4n) is 13.5. The summed E-state index contributed by atoms with van der Waals surface area (Å²) in [4.78, 5) is 27.9. The molecule has 0 spiro atoms. The summed E-state index contributed by atoms with van der Waals surface area (Å²) in [6, 6.07) is 0. The van der Waals surface area contributed by atoms with Gasteiger partial charge in [-0.25, -0.2) is 0 Å². The van der Waals surface area contributed by atoms with Crippen molar-refractivity contribution in [1.29, 1.82) is 0 Å². The predicted octanol–water partition coefficient (Wildman–Crippen LogP) is 16.8. The van der Waals surface area contributed by atoms with E-state index in [4.69, 9.17) is 23.7 Å². The van der Waals surface area contributed by atoms with Crippen LogP contribution in [0.1, 0.15) is 374 Å². The molecule has 2 rings (SSSR count). The number of rotatable bonds is 64. The smallest absolute Gasteiger partial charge is 0.311 e. The molecule has 2 heterocycles. The molecule has 540 valence electrons. The highest BCUT2D eigenvalue weighted by Crippen LogP contribution is 2.31. The molecular weight excluding hydrogens is 1150 g/mol. The van der Waals surface area contributed by atoms with Gasteiger partial charge in [0.05, 0.1) is 24.0 Å². The SMILES string of the molecule is CCCCCCCCCCCCCCC[C@@H](O)[C@H](CCCCCCCCCCCCCC)C(=O)OC[C@H]1O[C@H](O[C@H]2O[C@H](COC(=O)[C@@H](CCCCCCCCCCCCCC)[C@H](O)CCCCCCCCCCCCCCC)[C@@H](O)[C@H](O)[C@H]2O)[C@H](O)[C@@H](O)[C@@H]1O. The van der Waals surface area contributed by atoms with Gasteiger partial charge in [-0.05, 0) is 25.7 Å². The van der Waals surface area contributed by atoms with Crippen LogP contribution in [0.25, 0.3) is 0 Å². The van der Waals surface area contributed by atoms with Gasteiger partial charge in [-0.1, -0.05) is 349 Å². The lowest BCUT2D eigenvalue weighted by Gasteiger charge is -2.44. The number of carbonyl (C=O) groups excluding carboxylic acids is 2. The number of unbranched alkanes of at least 4 members (excludes halogenated alkanes) is 46. The van der Waals surface area contributed by atoms with E-state index in [1.807, 2.05) is 0 Å². The molecule has 2 aliphatic rings. The van der Waals surface area contributed by atoms with Gasteiger partial charge < -0.3 is 64.5 Å². The van der Waals surface area contributed by atoms with Gasteiger partial charge in [0.15, 0.2) is 12.6 Å². The molecular formula is C76H146O15. The molecule has 0 aliphatic carbocycles. The Morgan fingerprint density at radius 1 is 0.286 bits per heavy atom. The molecule has 15 heteroatoms. The Balaban J connectivity index is 2.03. The van der Waals surface area contributed by atoms with Gasteiger partial charge >= 0.3 is 11.9 Å². The largest absolute Gasteiger partial charge is 0.463 e. The summed E-state index contributed by atoms with van der Waals surface area (Å²) in [5.41, 5.74) is 0. The summed E-state index contributed by atoms with van der Waals surface area (Å²) in [6.45, 7) is 7.86. The second-order valence-electron chi connectivity index (χ2n) is 28.2. The van der Waals surface area contributed by atoms with Gasteiger partial charge in [0, 0.05) is 0 Å². The standard InChI is InChI=1S/C76H146O15/c1-5-9-13-17-21-25-29-33-37-41-45-49-53-57-63(77)61(55-51-47-43-39-35-31-27-23-19-15-11-7-3)73(85)87-59-65-67(79)69(81)71(83)75(89-65)91-76-72(84)70(82)68(80)66(90-76)60-88-74(86)62(56-52-48-44-40-36-32-28-24-20-16-12-8-4)64(78)58-54-50-46-42-38-34-30-26-22-18-14-10-6-2/h61-72,75-84H,5-60H2,1-4H3/t61-,62-,63+,64+,65+,66+,67+,68+,69-,70-,71+,72+,75+,76+/m0/s1. The zero-order chi connectivity index (χ0) is 66.4. The average molecular weight is 1300 g/mol. The van der Waals surface area contributed by atoms with Crippen LogP contribution in [0.3, 0.4) is 0 Å². The Labute approximate surface area is 556 Å². The maximum atomic E-state index is 14.0. The van der Waals surface area contributed by atoms with E-state index in [0.29, 0.717) is 25.7 Å². The molecule has 0 radical (unpaired) electrons. The molecule has 14 atom stereocenters. The highest BCUT2D eigenvalue weighted by atomic mass is 16.8. The maximum Gasteiger partial charge on any atom is 0.311 e. The maximum absolute atomic E-state index is 14.0. The zero-order valence-corrected chi connectivity index (χ0v) is 59.1. The second-order valence-corrected chi connectivity index (χ2v) is 28.2. The van der Waals surface area contributed by atoms with Crippen LogP contribution in [-0.4, -0.2) is 140 Å². The van der Waals surface area contributed by atoms with Crippen molar-refractivity contribution in [3.63, 3.8) is 0 Å². The topological polar surface area (TPSA) is 242 Å². The number of ether oxygens (including phenoxy) is 5. The fourth-order valence-corrected chi connectivity index (χ4v) is 13.5. The molecule has 0 aromatic rings. The summed E-state index contributed by atoms with van der Waals surface area (Å²) in [7, 11) is 0. The first-order valence-corrected chi connectivity index (χ1v) is 39.1. The number of carbonyl (C=O) groups is 2. The summed E-state index contributed by atoms with van der Waals surface area (Å²) < 4.78 is 29.3. The van der Waals surface area contributed by atoms with E-state index in [1.54, 1.807) is 0 Å². The summed E-state index contributed by atoms with van der Waals surface area (Å²) >= 11 is 0. The quantitative estimate of drug-likeness (QED) is 0.0209. The molecule has 0 bridgehead atoms. The van der Waals surface area contributed by atoms with Crippen molar-refractivity contribution in [2.45, 2.75) is 448 Å². The van der Waals surface area contributed by atoms with Gasteiger partial charge in [0.25, 0.3) is 0 Å². The van der Waals surface area contributed by atoms with E-state index in [9.17, 15) is 50.4 Å². The van der Waals surface area contributed by atoms with Crippen LogP contribution in [0.15, 0.2) is 0 Å². The normalized spacial score (nSPS) is 23.3. The number of hydrogen-bond acceptors (Lipinski definition) is 15. The minimum absolute atomic E-state index is 0.429. The zero-order valence-electron chi connectivity index (χ0n) is 59.1. The van der Waals surface area contributed by atoms with Gasteiger partial charge in [-0.3, -0.25) is 9.59 Å². The van der Waals surface area contributed by atoms with Crippen molar-refractivity contribution >= 4 is 11.9 Å². The Morgan fingerprint density at radius 2 is 0.484 bits per heavy atom. The van der Waals surface area contributed by atoms with Crippen LogP contribution in [-0.2, 0) is 33.3 Å². The average Bonchev–Trinajstić information content (AvgIpc) is 1.06. The third kappa shape index (κ3) is 41.4. The molecule has 2 aliphatic heterocycles. The molecule has 2 fully saturated rings. The number of aliphatic hydroxyl groups excluding tert-OH is 8. The summed E-state index contributed by atoms with van der Waals surface area (Å²) in [5.74, 6) is -2.93. The van der Waals surface area contributed by atoms with Crippen molar-refractivity contribution in [1.82, 2.24) is 0 Å². The van der Waals surface area contributed by atoms with Gasteiger partial charge in [0.1, 0.15) is 62.0 Å². The molecule has 0 saturated carbocycles. The molecule has 91 heavy (non-hydrogen) atoms. The van der Waals surface area contributed by atoms with Crippen molar-refractivity contribution < 1.29 is 74.1 Å². The monoisotopic (exact) mass is 1300 g/mol. The first-order valence-electron chi connectivity index (χ1n) is 39.1. The first-order chi connectivity index (χ1) is 44.3. The first kappa shape index (κ1) is 85.6. The fraction of sp³-hybridized carbons (Fsp3) is 0.974. The van der Waals surface area contributed by atoms with Crippen LogP contribution >= 0.6 is 0 Å². The molecule has 0 aromatic heterocycles. The molecule has 0 unspecified atom stereocenters. The minimum Gasteiger partial charge on any atom is -0.463 e. The predicted molar refractivity (Wildman–Crippen MR) is 367 cm³/mol. The Hall–Kier alpha value is -1.50. The van der Waals surface area contributed by atoms with E-state index in [1.165, 1.54) is 218 Å². The van der Waals surface area contributed by atoms with Crippen LogP contribution in [0, 0.1) is 11.8 Å². The highest BCUT2D eigenvalue weighted by molar-refractivity contribution is 5.73. The van der Waals surface area contributed by atoms with Gasteiger partial charge in [-0.2, -0.15) is 0 Å². The molecule has 0 aromatic carbocycles. The van der Waals surface area contributed by atoms with Crippen molar-refractivity contribution in [2.75, 3.05) is 13.2 Å². The lowest BCUT2D eigenvalue weighted by atomic mass is 9.91. The highest BCUT2D eigenvalue weighted by Gasteiger charge is 2.50. The lowest BCUT2D eigenvalue weighted by molar-refractivity contribution is -0.376. The van der Waals surface area contributed by atoms with Crippen molar-refractivity contribution in [2.24, 2.45) is 11.8 Å². The van der Waals surface area contributed by atoms with Gasteiger partial charge in [-0.15, -0.1) is 0 Å². The van der Waals surface area contributed by atoms with Crippen LogP contribution in [0.5, 0.6) is 0 Å². The molecule has 15 nitrogen and oxygen atoms in total. The van der Waals surface area contributed by atoms with Crippen molar-refractivity contribution in [3.05, 3.63) is 0 Å². The Bertz CT molecular complexity index is 1510. The Kier molecular flexibility index (Phi) is 55.1. The number of hydrogen-bond donors (Lipinski definition) is 8. The number of esters is 2. The lowest BCUT2D eigenvalue weighted by Crippen LogP contribution is -2.64. The minimum atomic E-state index is -1.89. The molecule has 0 amide bonds. The van der Waals surface area contributed by atoms with E-state index >= 15 is 0 Å². The van der Waals surface area contributed by atoms with E-state index in [-0.39, 0.29) is 0 Å². The third-order valence-corrected chi connectivity index (χ3v) is 19.9. The Morgan fingerprint density at radius 3 is 0.703 bits per heavy atom. The van der Waals surface area contributed by atoms with Gasteiger partial charge in [0.2, 0.25) is 0 Å². The summed E-state index contributed by atoms with van der Waals surface area (Å²) in [6.07, 6.45) is 41.7. The molecule has 8 N–H and O–H groups in total. The van der Waals surface area contributed by atoms with E-state index in [0.717, 1.165) is 103 Å². The van der Waals surface area contributed by atoms with E-state index < -0.39 is 111 Å². The molecule has 2 saturated heterocycles. The number of aliphatic hydroxyl groups is 8. The van der Waals surface area contributed by atoms with Crippen LogP contribution < -0.4 is 0 Å².